The second kappa shape index (κ2) is 3.10. The molecule has 0 aliphatic carbocycles. The predicted molar refractivity (Wildman–Crippen MR) is 42.0 cm³/mol. The minimum Gasteiger partial charge on any atom is -0.458 e. The number of ether oxygens (including phenoxy) is 1. The molecule has 1 atom stereocenters. The highest BCUT2D eigenvalue weighted by atomic mass is 32.2. The third kappa shape index (κ3) is 1.77. The maximum atomic E-state index is 10.9. The molecule has 1 saturated heterocycles. The van der Waals surface area contributed by atoms with Crippen molar-refractivity contribution in [3.8, 4) is 0 Å². The molecule has 0 radical (unpaired) electrons. The van der Waals surface area contributed by atoms with Crippen LogP contribution in [0.1, 0.15) is 6.92 Å². The molecule has 1 heterocycles. The van der Waals surface area contributed by atoms with Gasteiger partial charge >= 0.3 is 5.97 Å². The van der Waals surface area contributed by atoms with Crippen LogP contribution in [0.25, 0.3) is 0 Å². The number of thioether (sulfide) groups is 1. The van der Waals surface area contributed by atoms with Gasteiger partial charge in [-0.05, 0) is 6.92 Å². The fourth-order valence-corrected chi connectivity index (χ4v) is 1.59. The molecule has 1 rings (SSSR count). The van der Waals surface area contributed by atoms with Crippen molar-refractivity contribution >= 4 is 17.7 Å². The highest BCUT2D eigenvalue weighted by Crippen LogP contribution is 2.16. The fourth-order valence-electron chi connectivity index (χ4n) is 0.707. The largest absolute Gasteiger partial charge is 0.458 e. The van der Waals surface area contributed by atoms with Crippen LogP contribution < -0.4 is 0 Å². The molecule has 0 saturated carbocycles. The first-order valence-electron chi connectivity index (χ1n) is 3.16. The molecule has 0 aromatic heterocycles. The Kier molecular flexibility index (Phi) is 2.38. The molecule has 1 unspecified atom stereocenters. The topological polar surface area (TPSA) is 26.3 Å². The molecule has 1 aliphatic rings. The second-order valence-corrected chi connectivity index (χ2v) is 3.36. The zero-order chi connectivity index (χ0) is 7.56. The molecular weight excluding hydrogens is 148 g/mol. The molecule has 2 nitrogen and oxygen atoms in total. The number of hydrogen-bond donors (Lipinski definition) is 0. The van der Waals surface area contributed by atoms with Crippen LogP contribution in [0.4, 0.5) is 0 Å². The fraction of sp³-hybridized carbons (Fsp3) is 0.571. The summed E-state index contributed by atoms with van der Waals surface area (Å²) in [6, 6.07) is 0. The molecule has 0 spiro atoms. The Labute approximate surface area is 64.6 Å². The van der Waals surface area contributed by atoms with Gasteiger partial charge in [-0.15, -0.1) is 0 Å². The first kappa shape index (κ1) is 7.66. The Bertz CT molecular complexity index is 165. The summed E-state index contributed by atoms with van der Waals surface area (Å²) >= 11 is 1.69. The van der Waals surface area contributed by atoms with Crippen molar-refractivity contribution in [3.05, 3.63) is 12.2 Å². The first-order chi connectivity index (χ1) is 4.70. The van der Waals surface area contributed by atoms with Gasteiger partial charge in [-0.2, -0.15) is 11.8 Å². The highest BCUT2D eigenvalue weighted by molar-refractivity contribution is 7.99. The van der Waals surface area contributed by atoms with Crippen LogP contribution in [0.3, 0.4) is 0 Å². The van der Waals surface area contributed by atoms with Crippen LogP contribution in [-0.2, 0) is 9.53 Å². The van der Waals surface area contributed by atoms with E-state index in [4.69, 9.17) is 4.74 Å². The van der Waals surface area contributed by atoms with Gasteiger partial charge in [0.05, 0.1) is 0 Å². The summed E-state index contributed by atoms with van der Waals surface area (Å²) in [6.07, 6.45) is 0.0387. The molecule has 1 aliphatic heterocycles. The monoisotopic (exact) mass is 158 g/mol. The van der Waals surface area contributed by atoms with E-state index < -0.39 is 0 Å². The lowest BCUT2D eigenvalue weighted by Gasteiger charge is -2.06. The minimum absolute atomic E-state index is 0.0387. The van der Waals surface area contributed by atoms with Crippen molar-refractivity contribution in [2.75, 3.05) is 11.5 Å². The van der Waals surface area contributed by atoms with Crippen molar-refractivity contribution in [1.82, 2.24) is 0 Å². The number of carbonyl (C=O) groups is 1. The zero-order valence-electron chi connectivity index (χ0n) is 5.92. The SMILES string of the molecule is C=C1CSCC(C)OC1=O. The van der Waals surface area contributed by atoms with Gasteiger partial charge in [0.15, 0.2) is 0 Å². The second-order valence-electron chi connectivity index (χ2n) is 2.33. The maximum Gasteiger partial charge on any atom is 0.334 e. The van der Waals surface area contributed by atoms with Crippen LogP contribution in [-0.4, -0.2) is 23.6 Å². The van der Waals surface area contributed by atoms with E-state index in [1.54, 1.807) is 11.8 Å². The summed E-state index contributed by atoms with van der Waals surface area (Å²) in [7, 11) is 0. The molecule has 1 fully saturated rings. The van der Waals surface area contributed by atoms with Gasteiger partial charge in [0.1, 0.15) is 6.10 Å². The number of hydrogen-bond acceptors (Lipinski definition) is 3. The van der Waals surface area contributed by atoms with Gasteiger partial charge in [0.2, 0.25) is 0 Å². The molecule has 0 aromatic carbocycles. The normalized spacial score (nSPS) is 27.5. The summed E-state index contributed by atoms with van der Waals surface area (Å²) < 4.78 is 4.96. The van der Waals surface area contributed by atoms with E-state index in [0.717, 1.165) is 5.75 Å². The van der Waals surface area contributed by atoms with Crippen LogP contribution in [0.5, 0.6) is 0 Å². The van der Waals surface area contributed by atoms with E-state index >= 15 is 0 Å². The smallest absolute Gasteiger partial charge is 0.334 e. The van der Waals surface area contributed by atoms with E-state index in [0.29, 0.717) is 11.3 Å². The average molecular weight is 158 g/mol. The molecule has 10 heavy (non-hydrogen) atoms. The standard InChI is InChI=1S/C7H10O2S/c1-5-3-10-4-6(2)9-7(5)8/h6H,1,3-4H2,2H3. The van der Waals surface area contributed by atoms with Crippen LogP contribution >= 0.6 is 11.8 Å². The minimum atomic E-state index is -0.238. The third-order valence-electron chi connectivity index (χ3n) is 1.23. The Morgan fingerprint density at radius 1 is 1.80 bits per heavy atom. The van der Waals surface area contributed by atoms with E-state index in [1.165, 1.54) is 0 Å². The third-order valence-corrected chi connectivity index (χ3v) is 2.48. The van der Waals surface area contributed by atoms with Crippen molar-refractivity contribution in [3.63, 3.8) is 0 Å². The maximum absolute atomic E-state index is 10.9. The molecule has 56 valence electrons. The number of carbonyl (C=O) groups excluding carboxylic acids is 1. The Morgan fingerprint density at radius 3 is 3.20 bits per heavy atom. The lowest BCUT2D eigenvalue weighted by Crippen LogP contribution is -2.14. The number of cyclic esters (lactones) is 1. The Balaban J connectivity index is 2.57. The molecular formula is C7H10O2S. The van der Waals surface area contributed by atoms with Crippen LogP contribution in [0.15, 0.2) is 12.2 Å². The average Bonchev–Trinajstić information content (AvgIpc) is 1.96. The highest BCUT2D eigenvalue weighted by Gasteiger charge is 2.17. The van der Waals surface area contributed by atoms with Gasteiger partial charge in [-0.1, -0.05) is 6.58 Å². The zero-order valence-corrected chi connectivity index (χ0v) is 6.74. The summed E-state index contributed by atoms with van der Waals surface area (Å²) in [5.74, 6) is 1.35. The number of esters is 1. The lowest BCUT2D eigenvalue weighted by molar-refractivity contribution is -0.142. The molecule has 3 heteroatoms. The Morgan fingerprint density at radius 2 is 2.50 bits per heavy atom. The van der Waals surface area contributed by atoms with Crippen molar-refractivity contribution in [2.24, 2.45) is 0 Å². The molecule has 0 N–H and O–H groups in total. The van der Waals surface area contributed by atoms with Gasteiger partial charge < -0.3 is 4.74 Å². The van der Waals surface area contributed by atoms with Gasteiger partial charge in [-0.25, -0.2) is 4.79 Å². The quantitative estimate of drug-likeness (QED) is 0.391. The summed E-state index contributed by atoms with van der Waals surface area (Å²) in [6.45, 7) is 5.49. The van der Waals surface area contributed by atoms with Crippen molar-refractivity contribution in [1.29, 1.82) is 0 Å². The molecule has 0 bridgehead atoms. The van der Waals surface area contributed by atoms with E-state index in [1.807, 2.05) is 6.92 Å². The van der Waals surface area contributed by atoms with Gasteiger partial charge in [0.25, 0.3) is 0 Å². The van der Waals surface area contributed by atoms with E-state index in [9.17, 15) is 4.79 Å². The van der Waals surface area contributed by atoms with Gasteiger partial charge in [-0.3, -0.25) is 0 Å². The van der Waals surface area contributed by atoms with E-state index in [2.05, 4.69) is 6.58 Å². The summed E-state index contributed by atoms with van der Waals surface area (Å²) in [4.78, 5) is 10.9. The van der Waals surface area contributed by atoms with Crippen molar-refractivity contribution in [2.45, 2.75) is 13.0 Å². The Hall–Kier alpha value is -0.440. The molecule has 0 amide bonds. The van der Waals surface area contributed by atoms with Gasteiger partial charge in [0, 0.05) is 17.1 Å². The molecule has 0 aromatic rings. The van der Waals surface area contributed by atoms with E-state index in [-0.39, 0.29) is 12.1 Å². The lowest BCUT2D eigenvalue weighted by atomic mass is 10.3. The number of rotatable bonds is 0. The van der Waals surface area contributed by atoms with Crippen LogP contribution in [0, 0.1) is 0 Å². The summed E-state index contributed by atoms with van der Waals surface area (Å²) in [5.41, 5.74) is 0.578. The summed E-state index contributed by atoms with van der Waals surface area (Å²) in [5, 5.41) is 0. The van der Waals surface area contributed by atoms with Crippen molar-refractivity contribution < 1.29 is 9.53 Å². The first-order valence-corrected chi connectivity index (χ1v) is 4.32. The predicted octanol–water partition coefficient (Wildman–Crippen LogP) is 1.22. The van der Waals surface area contributed by atoms with Crippen LogP contribution in [0.2, 0.25) is 0 Å².